The van der Waals surface area contributed by atoms with E-state index in [2.05, 4.69) is 53.1 Å². The van der Waals surface area contributed by atoms with Gasteiger partial charge in [-0.3, -0.25) is 4.98 Å². The smallest absolute Gasteiger partial charge is 0.0410 e. The van der Waals surface area contributed by atoms with E-state index >= 15 is 0 Å². The lowest BCUT2D eigenvalue weighted by Crippen LogP contribution is -2.25. The van der Waals surface area contributed by atoms with Crippen LogP contribution in [0.3, 0.4) is 0 Å². The van der Waals surface area contributed by atoms with Gasteiger partial charge >= 0.3 is 0 Å². The van der Waals surface area contributed by atoms with Crippen molar-refractivity contribution in [1.82, 2.24) is 10.3 Å². The van der Waals surface area contributed by atoms with E-state index in [1.807, 2.05) is 12.4 Å². The fourth-order valence-electron chi connectivity index (χ4n) is 1.71. The molecule has 0 fully saturated rings. The van der Waals surface area contributed by atoms with Crippen LogP contribution >= 0.6 is 15.9 Å². The molecule has 1 N–H and O–H groups in total. The zero-order chi connectivity index (χ0) is 12.0. The van der Waals surface area contributed by atoms with Crippen molar-refractivity contribution in [3.63, 3.8) is 0 Å². The van der Waals surface area contributed by atoms with Gasteiger partial charge in [-0.1, -0.05) is 20.8 Å². The van der Waals surface area contributed by atoms with Crippen molar-refractivity contribution in [3.05, 3.63) is 28.5 Å². The van der Waals surface area contributed by atoms with Crippen molar-refractivity contribution >= 4 is 15.9 Å². The number of pyridine rings is 1. The molecule has 0 radical (unpaired) electrons. The summed E-state index contributed by atoms with van der Waals surface area (Å²) in [4.78, 5) is 4.20. The third kappa shape index (κ3) is 4.62. The second-order valence-electron chi connectivity index (χ2n) is 4.48. The number of hydrogen-bond acceptors (Lipinski definition) is 2. The lowest BCUT2D eigenvalue weighted by atomic mass is 9.90. The van der Waals surface area contributed by atoms with Crippen LogP contribution in [-0.4, -0.2) is 18.1 Å². The van der Waals surface area contributed by atoms with E-state index in [-0.39, 0.29) is 0 Å². The third-order valence-electron chi connectivity index (χ3n) is 3.01. The molecule has 0 bridgehead atoms. The van der Waals surface area contributed by atoms with E-state index in [1.165, 1.54) is 5.56 Å². The third-order valence-corrected chi connectivity index (χ3v) is 3.44. The molecule has 2 unspecified atom stereocenters. The van der Waals surface area contributed by atoms with Gasteiger partial charge < -0.3 is 5.32 Å². The van der Waals surface area contributed by atoms with E-state index in [0.717, 1.165) is 24.0 Å². The van der Waals surface area contributed by atoms with E-state index in [1.54, 1.807) is 0 Å². The Morgan fingerprint density at radius 1 is 1.31 bits per heavy atom. The van der Waals surface area contributed by atoms with Gasteiger partial charge in [-0.05, 0) is 58.9 Å². The first-order valence-corrected chi connectivity index (χ1v) is 6.73. The summed E-state index contributed by atoms with van der Waals surface area (Å²) in [6, 6.07) is 2.16. The van der Waals surface area contributed by atoms with Crippen molar-refractivity contribution in [2.24, 2.45) is 11.8 Å². The number of halogens is 1. The Kier molecular flexibility index (Phi) is 5.99. The molecule has 0 aromatic carbocycles. The molecule has 3 heteroatoms. The zero-order valence-corrected chi connectivity index (χ0v) is 11.9. The molecular formula is C13H21BrN2. The Morgan fingerprint density at radius 2 is 2.06 bits per heavy atom. The van der Waals surface area contributed by atoms with Gasteiger partial charge in [-0.2, -0.15) is 0 Å². The van der Waals surface area contributed by atoms with Gasteiger partial charge in [0.15, 0.2) is 0 Å². The summed E-state index contributed by atoms with van der Waals surface area (Å²) in [7, 11) is 0. The molecule has 90 valence electrons. The van der Waals surface area contributed by atoms with Crippen molar-refractivity contribution < 1.29 is 0 Å². The molecule has 0 spiro atoms. The first kappa shape index (κ1) is 13.7. The number of rotatable bonds is 6. The Morgan fingerprint density at radius 3 is 2.69 bits per heavy atom. The SMILES string of the molecule is CCNCC(C)C(C)Cc1cncc(Br)c1. The molecule has 0 saturated heterocycles. The second-order valence-corrected chi connectivity index (χ2v) is 5.39. The molecule has 0 amide bonds. The Balaban J connectivity index is 2.47. The summed E-state index contributed by atoms with van der Waals surface area (Å²) in [5.41, 5.74) is 1.31. The van der Waals surface area contributed by atoms with Gasteiger partial charge in [0.1, 0.15) is 0 Å². The highest BCUT2D eigenvalue weighted by Crippen LogP contribution is 2.18. The quantitative estimate of drug-likeness (QED) is 0.867. The summed E-state index contributed by atoms with van der Waals surface area (Å²) in [6.45, 7) is 8.91. The highest BCUT2D eigenvalue weighted by atomic mass is 79.9. The van der Waals surface area contributed by atoms with Crippen molar-refractivity contribution in [1.29, 1.82) is 0 Å². The average Bonchev–Trinajstić information content (AvgIpc) is 2.25. The predicted octanol–water partition coefficient (Wildman–Crippen LogP) is 3.27. The summed E-state index contributed by atoms with van der Waals surface area (Å²) in [5.74, 6) is 1.37. The number of nitrogens with one attached hydrogen (secondary N) is 1. The first-order chi connectivity index (χ1) is 7.63. The normalized spacial score (nSPS) is 14.8. The van der Waals surface area contributed by atoms with Crippen LogP contribution < -0.4 is 5.32 Å². The first-order valence-electron chi connectivity index (χ1n) is 5.93. The fraction of sp³-hybridized carbons (Fsp3) is 0.615. The van der Waals surface area contributed by atoms with E-state index in [4.69, 9.17) is 0 Å². The maximum Gasteiger partial charge on any atom is 0.0410 e. The lowest BCUT2D eigenvalue weighted by molar-refractivity contribution is 0.368. The minimum Gasteiger partial charge on any atom is -0.317 e. The molecular weight excluding hydrogens is 264 g/mol. The summed E-state index contributed by atoms with van der Waals surface area (Å²) in [5, 5.41) is 3.40. The van der Waals surface area contributed by atoms with Gasteiger partial charge in [0.05, 0.1) is 0 Å². The standard InChI is InChI=1S/C13H21BrN2/c1-4-15-7-11(3)10(2)5-12-6-13(14)9-16-8-12/h6,8-11,15H,4-5,7H2,1-3H3. The summed E-state index contributed by atoms with van der Waals surface area (Å²) >= 11 is 3.46. The van der Waals surface area contributed by atoms with Gasteiger partial charge in [0.25, 0.3) is 0 Å². The molecule has 16 heavy (non-hydrogen) atoms. The van der Waals surface area contributed by atoms with Crippen LogP contribution in [0, 0.1) is 11.8 Å². The van der Waals surface area contributed by atoms with Gasteiger partial charge in [0, 0.05) is 16.9 Å². The lowest BCUT2D eigenvalue weighted by Gasteiger charge is -2.20. The molecule has 2 nitrogen and oxygen atoms in total. The molecule has 0 saturated carbocycles. The van der Waals surface area contributed by atoms with Crippen LogP contribution in [0.1, 0.15) is 26.3 Å². The topological polar surface area (TPSA) is 24.9 Å². The molecule has 1 rings (SSSR count). The van der Waals surface area contributed by atoms with Crippen molar-refractivity contribution in [3.8, 4) is 0 Å². The average molecular weight is 285 g/mol. The monoisotopic (exact) mass is 284 g/mol. The molecule has 0 aliphatic heterocycles. The molecule has 1 aromatic rings. The number of hydrogen-bond donors (Lipinski definition) is 1. The van der Waals surface area contributed by atoms with Crippen LogP contribution in [0.2, 0.25) is 0 Å². The minimum atomic E-state index is 0.676. The molecule has 1 heterocycles. The van der Waals surface area contributed by atoms with Gasteiger partial charge in [0.2, 0.25) is 0 Å². The van der Waals surface area contributed by atoms with E-state index in [9.17, 15) is 0 Å². The fourth-order valence-corrected chi connectivity index (χ4v) is 2.13. The maximum atomic E-state index is 4.20. The van der Waals surface area contributed by atoms with Crippen LogP contribution in [0.25, 0.3) is 0 Å². The van der Waals surface area contributed by atoms with Crippen molar-refractivity contribution in [2.45, 2.75) is 27.2 Å². The van der Waals surface area contributed by atoms with Gasteiger partial charge in [-0.25, -0.2) is 0 Å². The highest BCUT2D eigenvalue weighted by molar-refractivity contribution is 9.10. The molecule has 1 aromatic heterocycles. The molecule has 0 aliphatic carbocycles. The number of nitrogens with zero attached hydrogens (tertiary/aromatic N) is 1. The largest absolute Gasteiger partial charge is 0.317 e. The van der Waals surface area contributed by atoms with Gasteiger partial charge in [-0.15, -0.1) is 0 Å². The Labute approximate surface area is 107 Å². The van der Waals surface area contributed by atoms with Crippen LogP contribution in [-0.2, 0) is 6.42 Å². The summed E-state index contributed by atoms with van der Waals surface area (Å²) < 4.78 is 1.07. The summed E-state index contributed by atoms with van der Waals surface area (Å²) in [6.07, 6.45) is 4.89. The zero-order valence-electron chi connectivity index (χ0n) is 10.3. The highest BCUT2D eigenvalue weighted by Gasteiger charge is 2.12. The molecule has 0 aliphatic rings. The maximum absolute atomic E-state index is 4.20. The van der Waals surface area contributed by atoms with E-state index < -0.39 is 0 Å². The number of aromatic nitrogens is 1. The predicted molar refractivity (Wildman–Crippen MR) is 72.5 cm³/mol. The van der Waals surface area contributed by atoms with Crippen LogP contribution in [0.15, 0.2) is 22.9 Å². The Hall–Kier alpha value is -0.410. The second kappa shape index (κ2) is 7.02. The van der Waals surface area contributed by atoms with Crippen LogP contribution in [0.5, 0.6) is 0 Å². The minimum absolute atomic E-state index is 0.676. The Bertz CT molecular complexity index is 315. The molecule has 2 atom stereocenters. The van der Waals surface area contributed by atoms with Crippen molar-refractivity contribution in [2.75, 3.05) is 13.1 Å². The van der Waals surface area contributed by atoms with E-state index in [0.29, 0.717) is 11.8 Å². The van der Waals surface area contributed by atoms with Crippen LogP contribution in [0.4, 0.5) is 0 Å².